The number of hydrogen-bond acceptors (Lipinski definition) is 3. The largest absolute Gasteiger partial charge is 0.467 e. The maximum Gasteiger partial charge on any atom is 0.131 e. The van der Waals surface area contributed by atoms with E-state index in [-0.39, 0.29) is 0 Å². The van der Waals surface area contributed by atoms with Gasteiger partial charge < -0.3 is 9.73 Å². The molecule has 1 aliphatic heterocycles. The molecule has 2 heterocycles. The van der Waals surface area contributed by atoms with Crippen molar-refractivity contribution >= 4 is 15.9 Å². The molecule has 0 aliphatic carbocycles. The molecule has 0 radical (unpaired) electrons. The van der Waals surface area contributed by atoms with Crippen LogP contribution < -0.4 is 5.32 Å². The van der Waals surface area contributed by atoms with Crippen molar-refractivity contribution in [3.05, 3.63) is 22.6 Å². The summed E-state index contributed by atoms with van der Waals surface area (Å²) in [6.07, 6.45) is 5.52. The first kappa shape index (κ1) is 12.1. The average molecular weight is 287 g/mol. The Morgan fingerprint density at radius 3 is 3.12 bits per heavy atom. The standard InChI is InChI=1S/C12H19BrN2O/c1-15(9-12-11(13)5-8-16-12)10-3-2-6-14-7-4-10/h5,8,10,14H,2-4,6-7,9H2,1H3. The first-order valence-electron chi connectivity index (χ1n) is 5.90. The Bertz CT molecular complexity index is 319. The van der Waals surface area contributed by atoms with Crippen molar-refractivity contribution < 1.29 is 4.42 Å². The van der Waals surface area contributed by atoms with Crippen molar-refractivity contribution in [3.63, 3.8) is 0 Å². The molecule has 2 rings (SSSR count). The minimum Gasteiger partial charge on any atom is -0.467 e. The molecule has 4 heteroatoms. The summed E-state index contributed by atoms with van der Waals surface area (Å²) in [5.41, 5.74) is 0. The van der Waals surface area contributed by atoms with Crippen LogP contribution in [0.5, 0.6) is 0 Å². The molecule has 0 bridgehead atoms. The van der Waals surface area contributed by atoms with Crippen LogP contribution in [0, 0.1) is 0 Å². The minimum atomic E-state index is 0.673. The molecule has 1 N–H and O–H groups in total. The second-order valence-electron chi connectivity index (χ2n) is 4.44. The molecule has 1 aliphatic rings. The molecule has 3 nitrogen and oxygen atoms in total. The molecule has 1 unspecified atom stereocenters. The van der Waals surface area contributed by atoms with Gasteiger partial charge in [0.15, 0.2) is 0 Å². The maximum atomic E-state index is 5.45. The monoisotopic (exact) mass is 286 g/mol. The third-order valence-electron chi connectivity index (χ3n) is 3.25. The van der Waals surface area contributed by atoms with Crippen LogP contribution in [0.2, 0.25) is 0 Å². The molecular formula is C12H19BrN2O. The Labute approximate surface area is 105 Å². The normalized spacial score (nSPS) is 22.3. The lowest BCUT2D eigenvalue weighted by Crippen LogP contribution is -2.31. The molecule has 16 heavy (non-hydrogen) atoms. The summed E-state index contributed by atoms with van der Waals surface area (Å²) in [5.74, 6) is 1.03. The van der Waals surface area contributed by atoms with Gasteiger partial charge >= 0.3 is 0 Å². The smallest absolute Gasteiger partial charge is 0.131 e. The van der Waals surface area contributed by atoms with Gasteiger partial charge in [-0.1, -0.05) is 0 Å². The molecule has 1 atom stereocenters. The van der Waals surface area contributed by atoms with Gasteiger partial charge in [0, 0.05) is 6.04 Å². The van der Waals surface area contributed by atoms with Gasteiger partial charge in [0.1, 0.15) is 5.76 Å². The highest BCUT2D eigenvalue weighted by molar-refractivity contribution is 9.10. The van der Waals surface area contributed by atoms with E-state index < -0.39 is 0 Å². The fraction of sp³-hybridized carbons (Fsp3) is 0.667. The van der Waals surface area contributed by atoms with Crippen LogP contribution in [-0.2, 0) is 6.54 Å². The van der Waals surface area contributed by atoms with E-state index in [1.165, 1.54) is 19.3 Å². The van der Waals surface area contributed by atoms with Crippen molar-refractivity contribution in [2.24, 2.45) is 0 Å². The second-order valence-corrected chi connectivity index (χ2v) is 5.30. The van der Waals surface area contributed by atoms with E-state index in [4.69, 9.17) is 4.42 Å². The summed E-state index contributed by atoms with van der Waals surface area (Å²) in [4.78, 5) is 2.40. The first-order chi connectivity index (χ1) is 7.77. The Hall–Kier alpha value is -0.320. The van der Waals surface area contributed by atoms with E-state index in [2.05, 4.69) is 33.2 Å². The predicted molar refractivity (Wildman–Crippen MR) is 68.4 cm³/mol. The summed E-state index contributed by atoms with van der Waals surface area (Å²) in [7, 11) is 2.19. The third kappa shape index (κ3) is 3.09. The van der Waals surface area contributed by atoms with E-state index in [1.54, 1.807) is 6.26 Å². The van der Waals surface area contributed by atoms with Crippen LogP contribution in [0.25, 0.3) is 0 Å². The molecule has 1 aromatic rings. The van der Waals surface area contributed by atoms with Crippen molar-refractivity contribution in [3.8, 4) is 0 Å². The zero-order chi connectivity index (χ0) is 11.4. The molecule has 0 aromatic carbocycles. The quantitative estimate of drug-likeness (QED) is 0.926. The highest BCUT2D eigenvalue weighted by atomic mass is 79.9. The van der Waals surface area contributed by atoms with Crippen LogP contribution in [-0.4, -0.2) is 31.1 Å². The average Bonchev–Trinajstić information content (AvgIpc) is 2.57. The lowest BCUT2D eigenvalue weighted by Gasteiger charge is -2.25. The first-order valence-corrected chi connectivity index (χ1v) is 6.69. The highest BCUT2D eigenvalue weighted by Crippen LogP contribution is 2.21. The van der Waals surface area contributed by atoms with Gasteiger partial charge in [-0.25, -0.2) is 0 Å². The van der Waals surface area contributed by atoms with Gasteiger partial charge in [-0.3, -0.25) is 4.90 Å². The van der Waals surface area contributed by atoms with E-state index in [0.717, 1.165) is 29.9 Å². The van der Waals surface area contributed by atoms with Gasteiger partial charge in [-0.2, -0.15) is 0 Å². The topological polar surface area (TPSA) is 28.4 Å². The Kier molecular flexibility index (Phi) is 4.44. The number of hydrogen-bond donors (Lipinski definition) is 1. The predicted octanol–water partition coefficient (Wildman–Crippen LogP) is 2.62. The summed E-state index contributed by atoms with van der Waals surface area (Å²) >= 11 is 3.50. The number of nitrogens with zero attached hydrogens (tertiary/aromatic N) is 1. The summed E-state index contributed by atoms with van der Waals surface area (Å²) in [6, 6.07) is 2.63. The number of rotatable bonds is 3. The molecular weight excluding hydrogens is 268 g/mol. The Balaban J connectivity index is 1.91. The van der Waals surface area contributed by atoms with E-state index in [0.29, 0.717) is 6.04 Å². The SMILES string of the molecule is CN(Cc1occc1Br)C1CCCNCC1. The van der Waals surface area contributed by atoms with E-state index in [9.17, 15) is 0 Å². The summed E-state index contributed by atoms with van der Waals surface area (Å²) in [6.45, 7) is 3.18. The molecule has 0 spiro atoms. The summed E-state index contributed by atoms with van der Waals surface area (Å²) in [5, 5.41) is 3.44. The highest BCUT2D eigenvalue weighted by Gasteiger charge is 2.18. The Morgan fingerprint density at radius 1 is 1.50 bits per heavy atom. The zero-order valence-electron chi connectivity index (χ0n) is 9.71. The zero-order valence-corrected chi connectivity index (χ0v) is 11.3. The van der Waals surface area contributed by atoms with E-state index >= 15 is 0 Å². The van der Waals surface area contributed by atoms with Gasteiger partial charge in [0.25, 0.3) is 0 Å². The van der Waals surface area contributed by atoms with Crippen LogP contribution in [0.3, 0.4) is 0 Å². The van der Waals surface area contributed by atoms with Crippen molar-refractivity contribution in [1.82, 2.24) is 10.2 Å². The molecule has 1 fully saturated rings. The van der Waals surface area contributed by atoms with Gasteiger partial charge in [0.05, 0.1) is 17.3 Å². The van der Waals surface area contributed by atoms with E-state index in [1.807, 2.05) is 6.07 Å². The Morgan fingerprint density at radius 2 is 2.38 bits per heavy atom. The molecule has 0 saturated carbocycles. The van der Waals surface area contributed by atoms with Crippen LogP contribution in [0.1, 0.15) is 25.0 Å². The fourth-order valence-electron chi connectivity index (χ4n) is 2.24. The van der Waals surface area contributed by atoms with Crippen LogP contribution >= 0.6 is 15.9 Å². The fourth-order valence-corrected chi connectivity index (χ4v) is 2.56. The molecule has 90 valence electrons. The minimum absolute atomic E-state index is 0.673. The second kappa shape index (κ2) is 5.84. The van der Waals surface area contributed by atoms with Gasteiger partial charge in [-0.15, -0.1) is 0 Å². The van der Waals surface area contributed by atoms with Crippen LogP contribution in [0.4, 0.5) is 0 Å². The summed E-state index contributed by atoms with van der Waals surface area (Å²) < 4.78 is 6.53. The van der Waals surface area contributed by atoms with Gasteiger partial charge in [-0.05, 0) is 61.4 Å². The molecule has 1 saturated heterocycles. The molecule has 1 aromatic heterocycles. The molecule has 0 amide bonds. The number of nitrogens with one attached hydrogen (secondary N) is 1. The third-order valence-corrected chi connectivity index (χ3v) is 3.96. The lowest BCUT2D eigenvalue weighted by atomic mass is 10.1. The number of halogens is 1. The van der Waals surface area contributed by atoms with Crippen molar-refractivity contribution in [2.75, 3.05) is 20.1 Å². The van der Waals surface area contributed by atoms with Gasteiger partial charge in [0.2, 0.25) is 0 Å². The lowest BCUT2D eigenvalue weighted by molar-refractivity contribution is 0.200. The van der Waals surface area contributed by atoms with Crippen LogP contribution in [0.15, 0.2) is 21.2 Å². The maximum absolute atomic E-state index is 5.45. The van der Waals surface area contributed by atoms with Crippen molar-refractivity contribution in [2.45, 2.75) is 31.8 Å². The van der Waals surface area contributed by atoms with Crippen molar-refractivity contribution in [1.29, 1.82) is 0 Å². The number of furan rings is 1.